The lowest BCUT2D eigenvalue weighted by Gasteiger charge is -2.04. The molecule has 0 fully saturated rings. The highest BCUT2D eigenvalue weighted by Gasteiger charge is 2.05. The molecule has 0 spiro atoms. The van der Waals surface area contributed by atoms with Crippen LogP contribution < -0.4 is 0 Å². The van der Waals surface area contributed by atoms with E-state index < -0.39 is 5.97 Å². The van der Waals surface area contributed by atoms with Gasteiger partial charge in [0.1, 0.15) is 0 Å². The molecule has 0 aliphatic rings. The predicted octanol–water partition coefficient (Wildman–Crippen LogP) is 3.60. The van der Waals surface area contributed by atoms with Crippen LogP contribution in [0.15, 0.2) is 60.8 Å². The van der Waals surface area contributed by atoms with Crippen molar-refractivity contribution in [3.63, 3.8) is 0 Å². The molecule has 0 saturated heterocycles. The molecule has 1 aromatic heterocycles. The van der Waals surface area contributed by atoms with E-state index in [1.54, 1.807) is 6.07 Å². The summed E-state index contributed by atoms with van der Waals surface area (Å²) in [6, 6.07) is 17.5. The van der Waals surface area contributed by atoms with Gasteiger partial charge >= 0.3 is 5.97 Å². The molecule has 0 saturated carbocycles. The molecule has 0 aliphatic carbocycles. The van der Waals surface area contributed by atoms with Gasteiger partial charge in [-0.15, -0.1) is 0 Å². The van der Waals surface area contributed by atoms with E-state index in [2.05, 4.69) is 4.98 Å². The number of hydrogen-bond acceptors (Lipinski definition) is 2. The first-order valence-corrected chi connectivity index (χ1v) is 5.92. The van der Waals surface area contributed by atoms with E-state index in [1.165, 1.54) is 6.20 Å². The van der Waals surface area contributed by atoms with Crippen molar-refractivity contribution in [2.75, 3.05) is 0 Å². The summed E-state index contributed by atoms with van der Waals surface area (Å²) < 4.78 is 0. The maximum Gasteiger partial charge on any atom is 0.337 e. The minimum atomic E-state index is -0.959. The molecule has 0 radical (unpaired) electrons. The number of aromatic nitrogens is 1. The molecule has 3 rings (SSSR count). The largest absolute Gasteiger partial charge is 0.478 e. The molecule has 0 unspecified atom stereocenters. The lowest BCUT2D eigenvalue weighted by Crippen LogP contribution is -1.96. The number of rotatable bonds is 2. The number of aromatic carboxylic acids is 1. The van der Waals surface area contributed by atoms with Crippen LogP contribution in [0.3, 0.4) is 0 Å². The highest BCUT2D eigenvalue weighted by Crippen LogP contribution is 2.23. The van der Waals surface area contributed by atoms with Crippen LogP contribution in [0.25, 0.3) is 22.0 Å². The van der Waals surface area contributed by atoms with Gasteiger partial charge in [-0.3, -0.25) is 4.98 Å². The van der Waals surface area contributed by atoms with Crippen LogP contribution in [-0.4, -0.2) is 16.1 Å². The summed E-state index contributed by atoms with van der Waals surface area (Å²) in [5.41, 5.74) is 3.16. The second-order valence-electron chi connectivity index (χ2n) is 4.30. The third-order valence-electron chi connectivity index (χ3n) is 3.04. The van der Waals surface area contributed by atoms with Crippen LogP contribution >= 0.6 is 0 Å². The summed E-state index contributed by atoms with van der Waals surface area (Å²) in [6.45, 7) is 0. The monoisotopic (exact) mass is 249 g/mol. The van der Waals surface area contributed by atoms with Gasteiger partial charge in [0.05, 0.1) is 11.1 Å². The topological polar surface area (TPSA) is 50.2 Å². The molecule has 3 aromatic rings. The predicted molar refractivity (Wildman–Crippen MR) is 74.1 cm³/mol. The molecule has 0 bridgehead atoms. The SMILES string of the molecule is O=C(O)c1cnc2ccc(-c3ccccc3)cc2c1. The van der Waals surface area contributed by atoms with Crippen LogP contribution in [0, 0.1) is 0 Å². The third kappa shape index (κ3) is 2.18. The van der Waals surface area contributed by atoms with E-state index in [0.717, 1.165) is 22.0 Å². The number of hydrogen-bond donors (Lipinski definition) is 1. The number of pyridine rings is 1. The summed E-state index contributed by atoms with van der Waals surface area (Å²) in [4.78, 5) is 15.1. The van der Waals surface area contributed by atoms with Crippen molar-refractivity contribution in [3.05, 3.63) is 66.4 Å². The van der Waals surface area contributed by atoms with E-state index in [9.17, 15) is 4.79 Å². The summed E-state index contributed by atoms with van der Waals surface area (Å²) in [5, 5.41) is 9.83. The van der Waals surface area contributed by atoms with E-state index >= 15 is 0 Å². The van der Waals surface area contributed by atoms with Gasteiger partial charge in [-0.1, -0.05) is 36.4 Å². The van der Waals surface area contributed by atoms with Gasteiger partial charge in [0.2, 0.25) is 0 Å². The van der Waals surface area contributed by atoms with Crippen molar-refractivity contribution >= 4 is 16.9 Å². The molecule has 19 heavy (non-hydrogen) atoms. The Hall–Kier alpha value is -2.68. The average molecular weight is 249 g/mol. The Morgan fingerprint density at radius 1 is 0.947 bits per heavy atom. The number of nitrogens with zero attached hydrogens (tertiary/aromatic N) is 1. The molecule has 0 amide bonds. The van der Waals surface area contributed by atoms with Crippen LogP contribution in [0.1, 0.15) is 10.4 Å². The van der Waals surface area contributed by atoms with Crippen molar-refractivity contribution in [3.8, 4) is 11.1 Å². The second kappa shape index (κ2) is 4.53. The zero-order chi connectivity index (χ0) is 13.2. The zero-order valence-corrected chi connectivity index (χ0v) is 10.1. The van der Waals surface area contributed by atoms with E-state index in [-0.39, 0.29) is 5.56 Å². The van der Waals surface area contributed by atoms with Gasteiger partial charge in [0, 0.05) is 11.6 Å². The molecule has 0 aliphatic heterocycles. The van der Waals surface area contributed by atoms with Crippen molar-refractivity contribution < 1.29 is 9.90 Å². The molecule has 1 heterocycles. The Morgan fingerprint density at radius 2 is 1.74 bits per heavy atom. The van der Waals surface area contributed by atoms with Crippen molar-refractivity contribution in [2.24, 2.45) is 0 Å². The minimum Gasteiger partial charge on any atom is -0.478 e. The van der Waals surface area contributed by atoms with Crippen molar-refractivity contribution in [1.82, 2.24) is 4.98 Å². The van der Waals surface area contributed by atoms with Crippen LogP contribution in [-0.2, 0) is 0 Å². The molecular formula is C16H11NO2. The highest BCUT2D eigenvalue weighted by atomic mass is 16.4. The Labute approximate surface area is 110 Å². The van der Waals surface area contributed by atoms with Crippen molar-refractivity contribution in [2.45, 2.75) is 0 Å². The molecule has 1 N–H and O–H groups in total. The third-order valence-corrected chi connectivity index (χ3v) is 3.04. The van der Waals surface area contributed by atoms with Gasteiger partial charge < -0.3 is 5.11 Å². The average Bonchev–Trinajstić information content (AvgIpc) is 2.47. The Kier molecular flexibility index (Phi) is 2.72. The second-order valence-corrected chi connectivity index (χ2v) is 4.30. The molecule has 3 nitrogen and oxygen atoms in total. The van der Waals surface area contributed by atoms with E-state index in [1.807, 2.05) is 48.5 Å². The maximum absolute atomic E-state index is 11.0. The molecule has 92 valence electrons. The first-order valence-electron chi connectivity index (χ1n) is 5.92. The van der Waals surface area contributed by atoms with E-state index in [0.29, 0.717) is 0 Å². The fourth-order valence-corrected chi connectivity index (χ4v) is 2.06. The first kappa shape index (κ1) is 11.4. The van der Waals surface area contributed by atoms with Crippen molar-refractivity contribution in [1.29, 1.82) is 0 Å². The fourth-order valence-electron chi connectivity index (χ4n) is 2.06. The van der Waals surface area contributed by atoms with Crippen LogP contribution in [0.2, 0.25) is 0 Å². The summed E-state index contributed by atoms with van der Waals surface area (Å²) >= 11 is 0. The number of carboxylic acids is 1. The minimum absolute atomic E-state index is 0.206. The van der Waals surface area contributed by atoms with Crippen LogP contribution in [0.4, 0.5) is 0 Å². The van der Waals surface area contributed by atoms with Gasteiger partial charge in [-0.05, 0) is 29.3 Å². The summed E-state index contributed by atoms with van der Waals surface area (Å²) in [5.74, 6) is -0.959. The summed E-state index contributed by atoms with van der Waals surface area (Å²) in [6.07, 6.45) is 1.38. The van der Waals surface area contributed by atoms with Gasteiger partial charge in [-0.2, -0.15) is 0 Å². The molecule has 3 heteroatoms. The van der Waals surface area contributed by atoms with Gasteiger partial charge in [-0.25, -0.2) is 4.79 Å². The summed E-state index contributed by atoms with van der Waals surface area (Å²) in [7, 11) is 0. The molecule has 2 aromatic carbocycles. The zero-order valence-electron chi connectivity index (χ0n) is 10.1. The Morgan fingerprint density at radius 3 is 2.47 bits per heavy atom. The number of carbonyl (C=O) groups is 1. The lowest BCUT2D eigenvalue weighted by molar-refractivity contribution is 0.0696. The molecular weight excluding hydrogens is 238 g/mol. The fraction of sp³-hybridized carbons (Fsp3) is 0. The van der Waals surface area contributed by atoms with E-state index in [4.69, 9.17) is 5.11 Å². The number of fused-ring (bicyclic) bond motifs is 1. The van der Waals surface area contributed by atoms with Gasteiger partial charge in [0.15, 0.2) is 0 Å². The standard InChI is InChI=1S/C16H11NO2/c18-16(19)14-9-13-8-12(6-7-15(13)17-10-14)11-4-2-1-3-5-11/h1-10H,(H,18,19). The lowest BCUT2D eigenvalue weighted by atomic mass is 10.0. The number of carboxylic acid groups (broad SMARTS) is 1. The molecule has 0 atom stereocenters. The smallest absolute Gasteiger partial charge is 0.337 e. The maximum atomic E-state index is 11.0. The first-order chi connectivity index (χ1) is 9.24. The Balaban J connectivity index is 2.16. The normalized spacial score (nSPS) is 10.5. The highest BCUT2D eigenvalue weighted by molar-refractivity contribution is 5.93. The Bertz CT molecular complexity index is 751. The number of benzene rings is 2. The quantitative estimate of drug-likeness (QED) is 0.754. The van der Waals surface area contributed by atoms with Gasteiger partial charge in [0.25, 0.3) is 0 Å². The van der Waals surface area contributed by atoms with Crippen LogP contribution in [0.5, 0.6) is 0 Å².